The van der Waals surface area contributed by atoms with E-state index in [2.05, 4.69) is 27.0 Å². The molecule has 0 spiro atoms. The first kappa shape index (κ1) is 9.45. The standard InChI is InChI=1S/C10H4BrClN2/c11-8-5-14-10-6(4-13)2-1-3-7(10)9(8)12/h1-3,5H. The molecule has 1 aromatic heterocycles. The average molecular weight is 268 g/mol. The Kier molecular flexibility index (Phi) is 2.40. The molecule has 0 aliphatic carbocycles. The Balaban J connectivity index is 2.95. The fourth-order valence-corrected chi connectivity index (χ4v) is 1.77. The number of hydrogen-bond donors (Lipinski definition) is 0. The second kappa shape index (κ2) is 3.56. The molecule has 1 heterocycles. The monoisotopic (exact) mass is 266 g/mol. The summed E-state index contributed by atoms with van der Waals surface area (Å²) in [7, 11) is 0. The second-order valence-electron chi connectivity index (χ2n) is 2.73. The molecule has 2 rings (SSSR count). The fourth-order valence-electron chi connectivity index (χ4n) is 1.26. The molecule has 0 N–H and O–H groups in total. The summed E-state index contributed by atoms with van der Waals surface area (Å²) in [6, 6.07) is 7.44. The number of para-hydroxylation sites is 1. The molecule has 14 heavy (non-hydrogen) atoms. The molecule has 2 aromatic rings. The molecule has 0 aliphatic heterocycles. The zero-order valence-electron chi connectivity index (χ0n) is 6.96. The zero-order valence-corrected chi connectivity index (χ0v) is 9.30. The van der Waals surface area contributed by atoms with Crippen molar-refractivity contribution in [2.75, 3.05) is 0 Å². The van der Waals surface area contributed by atoms with Crippen LogP contribution in [0.5, 0.6) is 0 Å². The number of nitrogens with zero attached hydrogens (tertiary/aromatic N) is 2. The largest absolute Gasteiger partial charge is 0.254 e. The third-order valence-corrected chi connectivity index (χ3v) is 3.15. The number of halogens is 2. The van der Waals surface area contributed by atoms with Crippen molar-refractivity contribution in [1.82, 2.24) is 4.98 Å². The van der Waals surface area contributed by atoms with Gasteiger partial charge in [-0.05, 0) is 22.0 Å². The van der Waals surface area contributed by atoms with Crippen LogP contribution in [0.25, 0.3) is 10.9 Å². The van der Waals surface area contributed by atoms with Crippen LogP contribution in [0, 0.1) is 11.3 Å². The van der Waals surface area contributed by atoms with Crippen LogP contribution in [0.4, 0.5) is 0 Å². The van der Waals surface area contributed by atoms with Gasteiger partial charge in [0.05, 0.1) is 20.6 Å². The molecule has 1 aromatic carbocycles. The highest BCUT2D eigenvalue weighted by atomic mass is 79.9. The van der Waals surface area contributed by atoms with E-state index in [0.29, 0.717) is 16.1 Å². The summed E-state index contributed by atoms with van der Waals surface area (Å²) in [6.07, 6.45) is 1.60. The molecule has 0 saturated heterocycles. The first-order valence-electron chi connectivity index (χ1n) is 3.87. The molecule has 68 valence electrons. The summed E-state index contributed by atoms with van der Waals surface area (Å²) in [5.41, 5.74) is 1.18. The molecule has 0 atom stereocenters. The van der Waals surface area contributed by atoms with Crippen molar-refractivity contribution in [3.63, 3.8) is 0 Å². The molecule has 0 aliphatic rings. The predicted molar refractivity (Wildman–Crippen MR) is 59.2 cm³/mol. The molecule has 0 amide bonds. The molecule has 0 saturated carbocycles. The third kappa shape index (κ3) is 1.37. The van der Waals surface area contributed by atoms with Crippen molar-refractivity contribution in [3.8, 4) is 6.07 Å². The SMILES string of the molecule is N#Cc1cccc2c(Cl)c(Br)cnc12. The normalized spacial score (nSPS) is 10.1. The van der Waals surface area contributed by atoms with Crippen molar-refractivity contribution in [2.24, 2.45) is 0 Å². The number of fused-ring (bicyclic) bond motifs is 1. The lowest BCUT2D eigenvalue weighted by atomic mass is 10.1. The highest BCUT2D eigenvalue weighted by Gasteiger charge is 2.07. The van der Waals surface area contributed by atoms with Gasteiger partial charge in [0, 0.05) is 11.6 Å². The van der Waals surface area contributed by atoms with Gasteiger partial charge in [0.2, 0.25) is 0 Å². The lowest BCUT2D eigenvalue weighted by molar-refractivity contribution is 1.37. The summed E-state index contributed by atoms with van der Waals surface area (Å²) in [5.74, 6) is 0. The maximum atomic E-state index is 8.85. The van der Waals surface area contributed by atoms with E-state index in [1.807, 2.05) is 6.07 Å². The number of rotatable bonds is 0. The number of aromatic nitrogens is 1. The van der Waals surface area contributed by atoms with E-state index >= 15 is 0 Å². The van der Waals surface area contributed by atoms with Crippen molar-refractivity contribution in [3.05, 3.63) is 39.5 Å². The van der Waals surface area contributed by atoms with Crippen LogP contribution in [0.1, 0.15) is 5.56 Å². The Hall–Kier alpha value is -1.11. The Morgan fingerprint density at radius 2 is 2.21 bits per heavy atom. The van der Waals surface area contributed by atoms with Gasteiger partial charge in [-0.15, -0.1) is 0 Å². The molecule has 0 fully saturated rings. The summed E-state index contributed by atoms with van der Waals surface area (Å²) in [4.78, 5) is 4.16. The van der Waals surface area contributed by atoms with E-state index in [1.54, 1.807) is 18.3 Å². The van der Waals surface area contributed by atoms with Gasteiger partial charge in [-0.1, -0.05) is 23.7 Å². The molecule has 0 unspecified atom stereocenters. The third-order valence-electron chi connectivity index (χ3n) is 1.91. The molecule has 0 bridgehead atoms. The van der Waals surface area contributed by atoms with Gasteiger partial charge in [0.15, 0.2) is 0 Å². The maximum absolute atomic E-state index is 8.85. The maximum Gasteiger partial charge on any atom is 0.101 e. The highest BCUT2D eigenvalue weighted by molar-refractivity contribution is 9.10. The van der Waals surface area contributed by atoms with Crippen LogP contribution >= 0.6 is 27.5 Å². The van der Waals surface area contributed by atoms with Crippen molar-refractivity contribution in [2.45, 2.75) is 0 Å². The van der Waals surface area contributed by atoms with Gasteiger partial charge < -0.3 is 0 Å². The van der Waals surface area contributed by atoms with Crippen molar-refractivity contribution >= 4 is 38.4 Å². The Morgan fingerprint density at radius 1 is 1.43 bits per heavy atom. The highest BCUT2D eigenvalue weighted by Crippen LogP contribution is 2.30. The minimum atomic E-state index is 0.539. The first-order valence-corrected chi connectivity index (χ1v) is 5.04. The van der Waals surface area contributed by atoms with E-state index in [0.717, 1.165) is 9.86 Å². The van der Waals surface area contributed by atoms with Crippen molar-refractivity contribution < 1.29 is 0 Å². The van der Waals surface area contributed by atoms with E-state index < -0.39 is 0 Å². The van der Waals surface area contributed by atoms with Gasteiger partial charge in [-0.3, -0.25) is 4.98 Å². The van der Waals surface area contributed by atoms with Gasteiger partial charge in [0.1, 0.15) is 6.07 Å². The van der Waals surface area contributed by atoms with Gasteiger partial charge in [0.25, 0.3) is 0 Å². The minimum Gasteiger partial charge on any atom is -0.254 e. The summed E-state index contributed by atoms with van der Waals surface area (Å²) in [6.45, 7) is 0. The van der Waals surface area contributed by atoms with Crippen LogP contribution in [-0.4, -0.2) is 4.98 Å². The van der Waals surface area contributed by atoms with Crippen LogP contribution in [0.3, 0.4) is 0 Å². The fraction of sp³-hybridized carbons (Fsp3) is 0. The zero-order chi connectivity index (χ0) is 10.1. The van der Waals surface area contributed by atoms with Crippen LogP contribution in [0.2, 0.25) is 5.02 Å². The first-order chi connectivity index (χ1) is 6.74. The quantitative estimate of drug-likeness (QED) is 0.732. The number of pyridine rings is 1. The smallest absolute Gasteiger partial charge is 0.101 e. The summed E-state index contributed by atoms with van der Waals surface area (Å²) >= 11 is 9.34. The predicted octanol–water partition coefficient (Wildman–Crippen LogP) is 3.52. The van der Waals surface area contributed by atoms with E-state index in [-0.39, 0.29) is 0 Å². The summed E-state index contributed by atoms with van der Waals surface area (Å²) in [5, 5.41) is 10.2. The van der Waals surface area contributed by atoms with Gasteiger partial charge in [-0.2, -0.15) is 5.26 Å². The van der Waals surface area contributed by atoms with Crippen LogP contribution < -0.4 is 0 Å². The van der Waals surface area contributed by atoms with Crippen molar-refractivity contribution in [1.29, 1.82) is 5.26 Å². The number of benzene rings is 1. The average Bonchev–Trinajstić information content (AvgIpc) is 2.23. The molecular formula is C10H4BrClN2. The van der Waals surface area contributed by atoms with E-state index in [9.17, 15) is 0 Å². The Bertz CT molecular complexity index is 546. The minimum absolute atomic E-state index is 0.539. The Morgan fingerprint density at radius 3 is 2.93 bits per heavy atom. The molecule has 2 nitrogen and oxygen atoms in total. The lowest BCUT2D eigenvalue weighted by Gasteiger charge is -2.02. The van der Waals surface area contributed by atoms with Crippen LogP contribution in [0.15, 0.2) is 28.9 Å². The number of hydrogen-bond acceptors (Lipinski definition) is 2. The van der Waals surface area contributed by atoms with Gasteiger partial charge in [-0.25, -0.2) is 0 Å². The van der Waals surface area contributed by atoms with E-state index in [1.165, 1.54) is 0 Å². The lowest BCUT2D eigenvalue weighted by Crippen LogP contribution is -1.85. The summed E-state index contributed by atoms with van der Waals surface area (Å²) < 4.78 is 0.738. The molecule has 4 heteroatoms. The number of nitriles is 1. The Labute approximate surface area is 94.3 Å². The second-order valence-corrected chi connectivity index (χ2v) is 3.97. The topological polar surface area (TPSA) is 36.7 Å². The molecular weight excluding hydrogens is 263 g/mol. The molecule has 0 radical (unpaired) electrons. The van der Waals surface area contributed by atoms with E-state index in [4.69, 9.17) is 16.9 Å². The van der Waals surface area contributed by atoms with Crippen LogP contribution in [-0.2, 0) is 0 Å². The van der Waals surface area contributed by atoms with Gasteiger partial charge >= 0.3 is 0 Å².